The van der Waals surface area contributed by atoms with Crippen LogP contribution in [-0.2, 0) is 6.54 Å². The van der Waals surface area contributed by atoms with Crippen molar-refractivity contribution in [1.82, 2.24) is 15.2 Å². The van der Waals surface area contributed by atoms with Gasteiger partial charge < -0.3 is 5.32 Å². The lowest BCUT2D eigenvalue weighted by molar-refractivity contribution is 0.0977. The summed E-state index contributed by atoms with van der Waals surface area (Å²) in [6, 6.07) is 0.595. The Morgan fingerprint density at radius 2 is 2.38 bits per heavy atom. The number of hydrogen-bond acceptors (Lipinski definition) is 4. The average Bonchev–Trinajstić information content (AvgIpc) is 2.58. The molecule has 2 rings (SSSR count). The van der Waals surface area contributed by atoms with E-state index >= 15 is 0 Å². The fraction of sp³-hybridized carbons (Fsp3) is 0.750. The number of hydrogen-bond donors (Lipinski definition) is 1. The summed E-state index contributed by atoms with van der Waals surface area (Å²) in [6.07, 6.45) is 1.97. The van der Waals surface area contributed by atoms with Crippen LogP contribution in [0.3, 0.4) is 0 Å². The van der Waals surface area contributed by atoms with Crippen molar-refractivity contribution in [1.29, 1.82) is 0 Å². The summed E-state index contributed by atoms with van der Waals surface area (Å²) in [5.41, 5.74) is 0.221. The zero-order valence-corrected chi connectivity index (χ0v) is 11.4. The van der Waals surface area contributed by atoms with E-state index in [1.807, 2.05) is 17.5 Å². The predicted molar refractivity (Wildman–Crippen MR) is 68.8 cm³/mol. The first-order valence-corrected chi connectivity index (χ1v) is 6.68. The zero-order chi connectivity index (χ0) is 11.8. The van der Waals surface area contributed by atoms with Crippen LogP contribution in [-0.4, -0.2) is 34.6 Å². The summed E-state index contributed by atoms with van der Waals surface area (Å²) >= 11 is 1.81. The van der Waals surface area contributed by atoms with Crippen molar-refractivity contribution in [2.75, 3.05) is 13.1 Å². The normalized spacial score (nSPS) is 25.9. The van der Waals surface area contributed by atoms with E-state index < -0.39 is 0 Å². The number of piperazine rings is 1. The Balaban J connectivity index is 2.02. The van der Waals surface area contributed by atoms with Crippen molar-refractivity contribution in [2.45, 2.75) is 45.8 Å². The lowest BCUT2D eigenvalue weighted by Crippen LogP contribution is -2.60. The van der Waals surface area contributed by atoms with Crippen LogP contribution in [0.4, 0.5) is 0 Å². The van der Waals surface area contributed by atoms with E-state index in [1.165, 1.54) is 9.88 Å². The number of nitrogens with zero attached hydrogens (tertiary/aromatic N) is 2. The van der Waals surface area contributed by atoms with Gasteiger partial charge in [-0.05, 0) is 27.7 Å². The molecule has 2 heterocycles. The molecule has 0 aliphatic carbocycles. The molecule has 1 fully saturated rings. The van der Waals surface area contributed by atoms with E-state index in [-0.39, 0.29) is 5.54 Å². The molecule has 1 N–H and O–H groups in total. The Morgan fingerprint density at radius 3 is 3.00 bits per heavy atom. The van der Waals surface area contributed by atoms with E-state index in [2.05, 4.69) is 42.9 Å². The second-order valence-electron chi connectivity index (χ2n) is 5.38. The van der Waals surface area contributed by atoms with Crippen LogP contribution in [0.5, 0.6) is 0 Å². The van der Waals surface area contributed by atoms with Gasteiger partial charge >= 0.3 is 0 Å². The largest absolute Gasteiger partial charge is 0.309 e. The lowest BCUT2D eigenvalue weighted by Gasteiger charge is -2.43. The Hall–Kier alpha value is -0.450. The van der Waals surface area contributed by atoms with Crippen molar-refractivity contribution < 1.29 is 0 Å². The number of rotatable bonds is 2. The Labute approximate surface area is 102 Å². The minimum absolute atomic E-state index is 0.221. The maximum absolute atomic E-state index is 4.45. The van der Waals surface area contributed by atoms with Crippen LogP contribution in [0.2, 0.25) is 0 Å². The van der Waals surface area contributed by atoms with Gasteiger partial charge in [-0.25, -0.2) is 4.98 Å². The maximum atomic E-state index is 4.45. The first-order chi connectivity index (χ1) is 7.46. The van der Waals surface area contributed by atoms with Gasteiger partial charge in [0.2, 0.25) is 0 Å². The predicted octanol–water partition coefficient (Wildman–Crippen LogP) is 2.02. The van der Waals surface area contributed by atoms with Crippen LogP contribution in [0, 0.1) is 6.92 Å². The van der Waals surface area contributed by atoms with Crippen LogP contribution in [0.1, 0.15) is 30.7 Å². The molecular weight excluding hydrogens is 218 g/mol. The number of thiazole rings is 1. The summed E-state index contributed by atoms with van der Waals surface area (Å²) in [7, 11) is 0. The molecule has 1 aliphatic heterocycles. The minimum Gasteiger partial charge on any atom is -0.309 e. The molecule has 0 radical (unpaired) electrons. The summed E-state index contributed by atoms with van der Waals surface area (Å²) in [5.74, 6) is 0. The van der Waals surface area contributed by atoms with E-state index in [9.17, 15) is 0 Å². The second-order valence-corrected chi connectivity index (χ2v) is 6.70. The molecular formula is C12H21N3S. The highest BCUT2D eigenvalue weighted by molar-refractivity contribution is 7.11. The van der Waals surface area contributed by atoms with Gasteiger partial charge in [0, 0.05) is 35.7 Å². The van der Waals surface area contributed by atoms with Crippen LogP contribution in [0.25, 0.3) is 0 Å². The lowest BCUT2D eigenvalue weighted by atomic mass is 9.99. The van der Waals surface area contributed by atoms with E-state index in [0.717, 1.165) is 19.6 Å². The van der Waals surface area contributed by atoms with Crippen LogP contribution < -0.4 is 5.32 Å². The van der Waals surface area contributed by atoms with Gasteiger partial charge in [-0.1, -0.05) is 0 Å². The third kappa shape index (κ3) is 2.81. The quantitative estimate of drug-likeness (QED) is 0.856. The van der Waals surface area contributed by atoms with Gasteiger partial charge in [0.05, 0.1) is 6.54 Å². The molecule has 90 valence electrons. The van der Waals surface area contributed by atoms with E-state index in [0.29, 0.717) is 6.04 Å². The van der Waals surface area contributed by atoms with Gasteiger partial charge in [-0.2, -0.15) is 0 Å². The fourth-order valence-corrected chi connectivity index (χ4v) is 2.95. The molecule has 1 unspecified atom stereocenters. The number of nitrogens with one attached hydrogen (secondary N) is 1. The molecule has 0 amide bonds. The summed E-state index contributed by atoms with van der Waals surface area (Å²) in [4.78, 5) is 8.27. The summed E-state index contributed by atoms with van der Waals surface area (Å²) < 4.78 is 0. The Bertz CT molecular complexity index is 359. The average molecular weight is 239 g/mol. The molecule has 0 bridgehead atoms. The molecule has 1 atom stereocenters. The van der Waals surface area contributed by atoms with Gasteiger partial charge in [-0.15, -0.1) is 11.3 Å². The highest BCUT2D eigenvalue weighted by atomic mass is 32.1. The fourth-order valence-electron chi connectivity index (χ4n) is 2.13. The van der Waals surface area contributed by atoms with Crippen LogP contribution in [0.15, 0.2) is 6.20 Å². The monoisotopic (exact) mass is 239 g/mol. The topological polar surface area (TPSA) is 28.2 Å². The van der Waals surface area contributed by atoms with Crippen molar-refractivity contribution in [3.63, 3.8) is 0 Å². The van der Waals surface area contributed by atoms with Gasteiger partial charge in [0.1, 0.15) is 5.01 Å². The van der Waals surface area contributed by atoms with Crippen molar-refractivity contribution in [3.8, 4) is 0 Å². The van der Waals surface area contributed by atoms with Crippen molar-refractivity contribution in [2.24, 2.45) is 0 Å². The van der Waals surface area contributed by atoms with E-state index in [4.69, 9.17) is 0 Å². The summed E-state index contributed by atoms with van der Waals surface area (Å²) in [6.45, 7) is 12.1. The first kappa shape index (κ1) is 12.0. The minimum atomic E-state index is 0.221. The molecule has 16 heavy (non-hydrogen) atoms. The molecule has 4 heteroatoms. The standard InChI is InChI=1S/C12H21N3S/c1-9-5-14-12(3,4)8-15(9)7-11-13-6-10(2)16-11/h6,9,14H,5,7-8H2,1-4H3. The SMILES string of the molecule is Cc1cnc(CN2CC(C)(C)NCC2C)s1. The highest BCUT2D eigenvalue weighted by Crippen LogP contribution is 2.20. The third-order valence-corrected chi connectivity index (χ3v) is 4.00. The molecule has 0 spiro atoms. The maximum Gasteiger partial charge on any atom is 0.107 e. The zero-order valence-electron chi connectivity index (χ0n) is 10.6. The molecule has 1 aromatic heterocycles. The smallest absolute Gasteiger partial charge is 0.107 e. The van der Waals surface area contributed by atoms with Crippen molar-refractivity contribution in [3.05, 3.63) is 16.1 Å². The second kappa shape index (κ2) is 4.43. The molecule has 0 aromatic carbocycles. The molecule has 1 aromatic rings. The van der Waals surface area contributed by atoms with Crippen LogP contribution >= 0.6 is 11.3 Å². The molecule has 3 nitrogen and oxygen atoms in total. The van der Waals surface area contributed by atoms with Crippen molar-refractivity contribution >= 4 is 11.3 Å². The van der Waals surface area contributed by atoms with E-state index in [1.54, 1.807) is 0 Å². The highest BCUT2D eigenvalue weighted by Gasteiger charge is 2.30. The summed E-state index contributed by atoms with van der Waals surface area (Å²) in [5, 5.41) is 4.81. The molecule has 1 saturated heterocycles. The number of aromatic nitrogens is 1. The van der Waals surface area contributed by atoms with Gasteiger partial charge in [-0.3, -0.25) is 4.90 Å². The van der Waals surface area contributed by atoms with Gasteiger partial charge in [0.25, 0.3) is 0 Å². The molecule has 1 aliphatic rings. The van der Waals surface area contributed by atoms with Gasteiger partial charge in [0.15, 0.2) is 0 Å². The molecule has 0 saturated carbocycles. The first-order valence-electron chi connectivity index (χ1n) is 5.87. The third-order valence-electron chi connectivity index (χ3n) is 3.11. The number of aryl methyl sites for hydroxylation is 1. The Morgan fingerprint density at radius 1 is 1.62 bits per heavy atom. The Kier molecular flexibility index (Phi) is 3.33.